The minimum atomic E-state index is -0.693. The summed E-state index contributed by atoms with van der Waals surface area (Å²) < 4.78 is 14.5. The van der Waals surface area contributed by atoms with Crippen LogP contribution in [0.2, 0.25) is 11.3 Å². The second kappa shape index (κ2) is 14.1. The third-order valence-corrected chi connectivity index (χ3v) is 10.0. The van der Waals surface area contributed by atoms with E-state index in [-0.39, 0.29) is 24.4 Å². The van der Waals surface area contributed by atoms with E-state index in [0.717, 1.165) is 53.7 Å². The van der Waals surface area contributed by atoms with Gasteiger partial charge in [0.25, 0.3) is 0 Å². The van der Waals surface area contributed by atoms with Crippen LogP contribution in [0.4, 0.5) is 0 Å². The molecule has 1 saturated heterocycles. The fourth-order valence-corrected chi connectivity index (χ4v) is 6.64. The monoisotopic (exact) mass is 647 g/mol. The third-order valence-electron chi connectivity index (χ3n) is 9.65. The van der Waals surface area contributed by atoms with Crippen molar-refractivity contribution in [2.24, 2.45) is 0 Å². The van der Waals surface area contributed by atoms with E-state index >= 15 is 0 Å². The second-order valence-corrected chi connectivity index (χ2v) is 13.7. The fourth-order valence-electron chi connectivity index (χ4n) is 6.45. The largest absolute Gasteiger partial charge is 0.457 e. The highest BCUT2D eigenvalue weighted by molar-refractivity contribution is 6.45. The number of benzene rings is 4. The smallest absolute Gasteiger partial charge is 0.403 e. The zero-order valence-electron chi connectivity index (χ0n) is 27.6. The quantitative estimate of drug-likeness (QED) is 0.0788. The minimum absolute atomic E-state index is 0.216. The standard InChI is InChI=1S/C38H43BClN5O2/c1-36(2)37(3,4)47-39(46-36)27-17-16-26-34(35-42-43-44-45(35)28-29-18-14-15-25-33(29)40)41-38(30-19-8-5-9-20-30,31-21-10-6-11-22-31)32-23-12-7-13-24-32/h5-15,18-25,34,41H,16-17,26-28H2,1-4H3. The Morgan fingerprint density at radius 1 is 0.745 bits per heavy atom. The lowest BCUT2D eigenvalue weighted by atomic mass is 9.76. The van der Waals surface area contributed by atoms with Gasteiger partial charge in [-0.1, -0.05) is 134 Å². The normalized spacial score (nSPS) is 16.3. The number of hydrogen-bond acceptors (Lipinski definition) is 6. The fraction of sp³-hybridized carbons (Fsp3) is 0.342. The molecule has 1 N–H and O–H groups in total. The molecule has 242 valence electrons. The van der Waals surface area contributed by atoms with Gasteiger partial charge in [-0.3, -0.25) is 5.32 Å². The maximum atomic E-state index is 6.60. The molecule has 6 rings (SSSR count). The van der Waals surface area contributed by atoms with Crippen LogP contribution >= 0.6 is 11.6 Å². The van der Waals surface area contributed by atoms with Crippen LogP contribution in [0, 0.1) is 0 Å². The highest BCUT2D eigenvalue weighted by atomic mass is 35.5. The van der Waals surface area contributed by atoms with Gasteiger partial charge in [0.15, 0.2) is 5.82 Å². The molecule has 47 heavy (non-hydrogen) atoms. The molecule has 0 saturated carbocycles. The van der Waals surface area contributed by atoms with E-state index in [2.05, 4.69) is 140 Å². The molecule has 1 aromatic heterocycles. The van der Waals surface area contributed by atoms with Crippen LogP contribution in [0.1, 0.15) is 81.1 Å². The highest BCUT2D eigenvalue weighted by Gasteiger charge is 2.50. The zero-order valence-corrected chi connectivity index (χ0v) is 28.4. The van der Waals surface area contributed by atoms with Gasteiger partial charge >= 0.3 is 7.12 Å². The number of nitrogens with one attached hydrogen (secondary N) is 1. The Labute approximate surface area is 283 Å². The average Bonchev–Trinajstić information content (AvgIpc) is 3.62. The van der Waals surface area contributed by atoms with Crippen LogP contribution in [-0.4, -0.2) is 38.5 Å². The molecule has 0 spiro atoms. The van der Waals surface area contributed by atoms with E-state index in [4.69, 9.17) is 20.9 Å². The summed E-state index contributed by atoms with van der Waals surface area (Å²) in [6, 6.07) is 39.5. The molecule has 1 aliphatic heterocycles. The topological polar surface area (TPSA) is 74.1 Å². The summed E-state index contributed by atoms with van der Waals surface area (Å²) in [4.78, 5) is 0. The summed E-state index contributed by atoms with van der Waals surface area (Å²) in [6.07, 6.45) is 3.44. The first-order valence-corrected chi connectivity index (χ1v) is 16.9. The van der Waals surface area contributed by atoms with Gasteiger partial charge in [-0.15, -0.1) is 5.10 Å². The lowest BCUT2D eigenvalue weighted by molar-refractivity contribution is 0.00578. The summed E-state index contributed by atoms with van der Waals surface area (Å²) in [6.45, 7) is 8.86. The van der Waals surface area contributed by atoms with E-state index in [9.17, 15) is 0 Å². The van der Waals surface area contributed by atoms with Crippen molar-refractivity contribution in [1.29, 1.82) is 0 Å². The zero-order chi connectivity index (χ0) is 32.9. The molecule has 1 aliphatic rings. The Bertz CT molecular complexity index is 1620. The predicted octanol–water partition coefficient (Wildman–Crippen LogP) is 8.26. The van der Waals surface area contributed by atoms with Crippen molar-refractivity contribution < 1.29 is 9.31 Å². The Kier molecular flexibility index (Phi) is 9.94. The van der Waals surface area contributed by atoms with Gasteiger partial charge in [-0.25, -0.2) is 4.68 Å². The molecule has 7 nitrogen and oxygen atoms in total. The number of nitrogens with zero attached hydrogens (tertiary/aromatic N) is 4. The van der Waals surface area contributed by atoms with Gasteiger partial charge in [-0.2, -0.15) is 0 Å². The Balaban J connectivity index is 1.37. The first-order valence-electron chi connectivity index (χ1n) is 16.5. The SMILES string of the molecule is CC1(C)OB(CCCCC(NC(c2ccccc2)(c2ccccc2)c2ccccc2)c2nnnn2Cc2ccccc2Cl)OC1(C)C. The van der Waals surface area contributed by atoms with Crippen LogP contribution in [0.3, 0.4) is 0 Å². The lowest BCUT2D eigenvalue weighted by Crippen LogP contribution is -2.47. The molecule has 1 atom stereocenters. The van der Waals surface area contributed by atoms with Gasteiger partial charge < -0.3 is 9.31 Å². The Morgan fingerprint density at radius 2 is 1.26 bits per heavy atom. The minimum Gasteiger partial charge on any atom is -0.403 e. The summed E-state index contributed by atoms with van der Waals surface area (Å²) in [5.41, 5.74) is 2.97. The van der Waals surface area contributed by atoms with Crippen LogP contribution < -0.4 is 5.32 Å². The van der Waals surface area contributed by atoms with E-state index in [1.165, 1.54) is 0 Å². The summed E-state index contributed by atoms with van der Waals surface area (Å²) in [5.74, 6) is 0.757. The molecule has 5 aromatic rings. The number of hydrogen-bond donors (Lipinski definition) is 1. The van der Waals surface area contributed by atoms with Crippen molar-refractivity contribution >= 4 is 18.7 Å². The van der Waals surface area contributed by atoms with Crippen molar-refractivity contribution in [3.05, 3.63) is 148 Å². The first kappa shape index (κ1) is 33.1. The molecule has 1 fully saturated rings. The number of tetrazole rings is 1. The van der Waals surface area contributed by atoms with Crippen LogP contribution in [-0.2, 0) is 21.4 Å². The van der Waals surface area contributed by atoms with Crippen molar-refractivity contribution in [3.63, 3.8) is 0 Å². The van der Waals surface area contributed by atoms with Gasteiger partial charge in [0.1, 0.15) is 0 Å². The highest BCUT2D eigenvalue weighted by Crippen LogP contribution is 2.41. The van der Waals surface area contributed by atoms with Crippen LogP contribution in [0.15, 0.2) is 115 Å². The molecule has 0 radical (unpaired) electrons. The van der Waals surface area contributed by atoms with Crippen molar-refractivity contribution in [3.8, 4) is 0 Å². The van der Waals surface area contributed by atoms with Crippen molar-refractivity contribution in [2.45, 2.75) is 82.6 Å². The van der Waals surface area contributed by atoms with E-state index in [1.54, 1.807) is 0 Å². The number of aromatic nitrogens is 4. The van der Waals surface area contributed by atoms with Crippen LogP contribution in [0.25, 0.3) is 0 Å². The average molecular weight is 648 g/mol. The molecule has 2 heterocycles. The molecular formula is C38H43BClN5O2. The van der Waals surface area contributed by atoms with Gasteiger partial charge in [0, 0.05) is 5.02 Å². The molecule has 4 aromatic carbocycles. The molecule has 0 amide bonds. The lowest BCUT2D eigenvalue weighted by Gasteiger charge is -2.40. The van der Waals surface area contributed by atoms with Gasteiger partial charge in [0.05, 0.1) is 29.3 Å². The Hall–Kier alpha value is -3.82. The molecule has 1 unspecified atom stereocenters. The van der Waals surface area contributed by atoms with Gasteiger partial charge in [0.2, 0.25) is 0 Å². The molecule has 0 aliphatic carbocycles. The summed E-state index contributed by atoms with van der Waals surface area (Å²) in [5, 5.41) is 18.1. The summed E-state index contributed by atoms with van der Waals surface area (Å²) >= 11 is 6.60. The first-order chi connectivity index (χ1) is 22.7. The van der Waals surface area contributed by atoms with E-state index < -0.39 is 5.54 Å². The maximum absolute atomic E-state index is 6.60. The van der Waals surface area contributed by atoms with Crippen molar-refractivity contribution in [2.75, 3.05) is 0 Å². The molecular weight excluding hydrogens is 605 g/mol. The Morgan fingerprint density at radius 3 is 1.79 bits per heavy atom. The third kappa shape index (κ3) is 7.07. The predicted molar refractivity (Wildman–Crippen MR) is 188 cm³/mol. The maximum Gasteiger partial charge on any atom is 0.457 e. The molecule has 9 heteroatoms. The van der Waals surface area contributed by atoms with E-state index in [1.807, 2.05) is 28.9 Å². The number of unbranched alkanes of at least 4 members (excludes halogenated alkanes) is 1. The van der Waals surface area contributed by atoms with Gasteiger partial charge in [-0.05, 0) is 79.2 Å². The van der Waals surface area contributed by atoms with Crippen LogP contribution in [0.5, 0.6) is 0 Å². The van der Waals surface area contributed by atoms with E-state index in [0.29, 0.717) is 11.6 Å². The van der Waals surface area contributed by atoms with Crippen molar-refractivity contribution in [1.82, 2.24) is 25.5 Å². The molecule has 0 bridgehead atoms. The number of rotatable bonds is 13. The number of halogens is 1. The second-order valence-electron chi connectivity index (χ2n) is 13.3. The summed E-state index contributed by atoms with van der Waals surface area (Å²) in [7, 11) is -0.228.